The molecule has 0 spiro atoms. The van der Waals surface area contributed by atoms with Crippen molar-refractivity contribution >= 4 is 21.8 Å². The molecule has 0 aliphatic heterocycles. The molecule has 0 saturated carbocycles. The van der Waals surface area contributed by atoms with Crippen molar-refractivity contribution in [3.63, 3.8) is 0 Å². The van der Waals surface area contributed by atoms with Gasteiger partial charge < -0.3 is 4.57 Å². The van der Waals surface area contributed by atoms with E-state index in [0.717, 1.165) is 61.1 Å². The number of benzene rings is 7. The first-order chi connectivity index (χ1) is 24.3. The van der Waals surface area contributed by atoms with Gasteiger partial charge in [-0.1, -0.05) is 146 Å². The lowest BCUT2D eigenvalue weighted by molar-refractivity contribution is 1.17. The van der Waals surface area contributed by atoms with E-state index in [1.54, 1.807) is 0 Å². The first kappa shape index (κ1) is 28.6. The van der Waals surface area contributed by atoms with Crippen LogP contribution in [0.15, 0.2) is 188 Å². The fraction of sp³-hybridized carbons (Fsp3) is 0. The Bertz CT molecular complexity index is 2510. The first-order valence-electron chi connectivity index (χ1n) is 16.6. The molecule has 0 N–H and O–H groups in total. The summed E-state index contributed by atoms with van der Waals surface area (Å²) in [6.07, 6.45) is 0. The summed E-state index contributed by atoms with van der Waals surface area (Å²) in [6, 6.07) is 66.1. The summed E-state index contributed by atoms with van der Waals surface area (Å²) in [6.45, 7) is 0. The van der Waals surface area contributed by atoms with Gasteiger partial charge in [0.25, 0.3) is 0 Å². The average molecular weight is 626 g/mol. The summed E-state index contributed by atoms with van der Waals surface area (Å²) in [5.74, 6) is 0.703. The molecule has 9 rings (SSSR count). The third-order valence-electron chi connectivity index (χ3n) is 9.21. The lowest BCUT2D eigenvalue weighted by atomic mass is 9.97. The van der Waals surface area contributed by atoms with Gasteiger partial charge in [0.1, 0.15) is 0 Å². The molecule has 7 aromatic carbocycles. The molecule has 49 heavy (non-hydrogen) atoms. The van der Waals surface area contributed by atoms with Crippen molar-refractivity contribution in [3.05, 3.63) is 188 Å². The average Bonchev–Trinajstić information content (AvgIpc) is 3.53. The maximum Gasteiger partial charge on any atom is 0.161 e. The normalized spacial score (nSPS) is 11.3. The molecule has 230 valence electrons. The van der Waals surface area contributed by atoms with Gasteiger partial charge >= 0.3 is 0 Å². The van der Waals surface area contributed by atoms with Crippen molar-refractivity contribution in [3.8, 4) is 61.8 Å². The molecule has 0 radical (unpaired) electrons. The summed E-state index contributed by atoms with van der Waals surface area (Å²) in [7, 11) is 0. The second-order valence-electron chi connectivity index (χ2n) is 12.2. The van der Waals surface area contributed by atoms with E-state index in [2.05, 4.69) is 180 Å². The van der Waals surface area contributed by atoms with Crippen LogP contribution in [-0.4, -0.2) is 14.5 Å². The van der Waals surface area contributed by atoms with Crippen LogP contribution in [0.5, 0.6) is 0 Å². The zero-order valence-electron chi connectivity index (χ0n) is 26.7. The van der Waals surface area contributed by atoms with Gasteiger partial charge in [0.15, 0.2) is 5.82 Å². The van der Waals surface area contributed by atoms with Gasteiger partial charge in [-0.25, -0.2) is 9.97 Å². The number of para-hydroxylation sites is 1. The molecule has 0 saturated heterocycles. The van der Waals surface area contributed by atoms with Crippen LogP contribution in [0.3, 0.4) is 0 Å². The van der Waals surface area contributed by atoms with Crippen LogP contribution in [0.1, 0.15) is 0 Å². The summed E-state index contributed by atoms with van der Waals surface area (Å²) < 4.78 is 2.36. The van der Waals surface area contributed by atoms with Crippen LogP contribution >= 0.6 is 0 Å². The van der Waals surface area contributed by atoms with Gasteiger partial charge in [-0.3, -0.25) is 0 Å². The Morgan fingerprint density at radius 2 is 0.857 bits per heavy atom. The number of aromatic nitrogens is 3. The van der Waals surface area contributed by atoms with Crippen LogP contribution in [0.4, 0.5) is 0 Å². The Labute approximate surface area is 285 Å². The molecule has 0 atom stereocenters. The summed E-state index contributed by atoms with van der Waals surface area (Å²) in [5, 5.41) is 2.29. The highest BCUT2D eigenvalue weighted by Gasteiger charge is 2.20. The van der Waals surface area contributed by atoms with Gasteiger partial charge in [0.2, 0.25) is 0 Å². The quantitative estimate of drug-likeness (QED) is 0.184. The molecule has 2 heterocycles. The van der Waals surface area contributed by atoms with Gasteiger partial charge in [-0.05, 0) is 64.7 Å². The Morgan fingerprint density at radius 1 is 0.347 bits per heavy atom. The van der Waals surface area contributed by atoms with Crippen molar-refractivity contribution in [1.82, 2.24) is 14.5 Å². The molecule has 0 unspecified atom stereocenters. The molecule has 3 nitrogen and oxygen atoms in total. The standard InChI is InChI=1S/C46H31N3/c1-5-15-32(16-6-1)35-21-13-22-36(29-35)37-27-28-43-40(30-37)45-39(25-14-26-44(45)49(43)38-23-11-4-12-24-38)46-47-41(33-17-7-2-8-18-33)31-42(48-46)34-19-9-3-10-20-34/h1-31H. The maximum absolute atomic E-state index is 5.24. The van der Waals surface area contributed by atoms with E-state index in [4.69, 9.17) is 9.97 Å². The molecule has 0 fully saturated rings. The second-order valence-corrected chi connectivity index (χ2v) is 12.2. The van der Waals surface area contributed by atoms with E-state index in [1.165, 1.54) is 16.7 Å². The number of fused-ring (bicyclic) bond motifs is 3. The van der Waals surface area contributed by atoms with Crippen molar-refractivity contribution in [2.45, 2.75) is 0 Å². The third kappa shape index (κ3) is 5.28. The molecular weight excluding hydrogens is 595 g/mol. The lowest BCUT2D eigenvalue weighted by Crippen LogP contribution is -1.97. The molecule has 0 amide bonds. The molecule has 9 aromatic rings. The van der Waals surface area contributed by atoms with Crippen molar-refractivity contribution in [2.24, 2.45) is 0 Å². The van der Waals surface area contributed by atoms with Crippen LogP contribution in [0.25, 0.3) is 83.6 Å². The van der Waals surface area contributed by atoms with Crippen molar-refractivity contribution in [2.75, 3.05) is 0 Å². The second kappa shape index (κ2) is 12.2. The zero-order chi connectivity index (χ0) is 32.6. The fourth-order valence-electron chi connectivity index (χ4n) is 6.88. The molecule has 2 aromatic heterocycles. The SMILES string of the molecule is c1ccc(-c2cccc(-c3ccc4c(c3)c3c(-c5nc(-c6ccccc6)cc(-c6ccccc6)n5)cccc3n4-c3ccccc3)c2)cc1. The molecule has 0 aliphatic carbocycles. The molecule has 0 aliphatic rings. The molecular formula is C46H31N3. The fourth-order valence-corrected chi connectivity index (χ4v) is 6.88. The van der Waals surface area contributed by atoms with E-state index < -0.39 is 0 Å². The topological polar surface area (TPSA) is 30.7 Å². The summed E-state index contributed by atoms with van der Waals surface area (Å²) in [4.78, 5) is 10.5. The van der Waals surface area contributed by atoms with E-state index in [-0.39, 0.29) is 0 Å². The summed E-state index contributed by atoms with van der Waals surface area (Å²) >= 11 is 0. The third-order valence-corrected chi connectivity index (χ3v) is 9.21. The van der Waals surface area contributed by atoms with Crippen LogP contribution in [-0.2, 0) is 0 Å². The Hall–Kier alpha value is -6.58. The zero-order valence-corrected chi connectivity index (χ0v) is 26.7. The minimum atomic E-state index is 0.703. The number of rotatable bonds is 6. The first-order valence-corrected chi connectivity index (χ1v) is 16.6. The van der Waals surface area contributed by atoms with Gasteiger partial charge in [0.05, 0.1) is 22.4 Å². The van der Waals surface area contributed by atoms with Crippen LogP contribution in [0.2, 0.25) is 0 Å². The van der Waals surface area contributed by atoms with Gasteiger partial charge in [-0.2, -0.15) is 0 Å². The Balaban J connectivity index is 1.31. The van der Waals surface area contributed by atoms with E-state index in [1.807, 2.05) is 12.1 Å². The van der Waals surface area contributed by atoms with E-state index >= 15 is 0 Å². The highest BCUT2D eigenvalue weighted by Crippen LogP contribution is 2.40. The van der Waals surface area contributed by atoms with Crippen molar-refractivity contribution in [1.29, 1.82) is 0 Å². The predicted octanol–water partition coefficient (Wildman–Crippen LogP) is 11.9. The number of hydrogen-bond donors (Lipinski definition) is 0. The number of hydrogen-bond acceptors (Lipinski definition) is 2. The largest absolute Gasteiger partial charge is 0.309 e. The number of nitrogens with zero attached hydrogens (tertiary/aromatic N) is 3. The van der Waals surface area contributed by atoms with Gasteiger partial charge in [0, 0.05) is 33.2 Å². The van der Waals surface area contributed by atoms with Crippen molar-refractivity contribution < 1.29 is 0 Å². The highest BCUT2D eigenvalue weighted by atomic mass is 15.0. The molecule has 3 heteroatoms. The van der Waals surface area contributed by atoms with E-state index in [0.29, 0.717) is 5.82 Å². The predicted molar refractivity (Wildman–Crippen MR) is 204 cm³/mol. The van der Waals surface area contributed by atoms with Crippen LogP contribution in [0, 0.1) is 0 Å². The maximum atomic E-state index is 5.24. The monoisotopic (exact) mass is 625 g/mol. The minimum absolute atomic E-state index is 0.703. The molecule has 0 bridgehead atoms. The lowest BCUT2D eigenvalue weighted by Gasteiger charge is -2.11. The van der Waals surface area contributed by atoms with Gasteiger partial charge in [-0.15, -0.1) is 0 Å². The minimum Gasteiger partial charge on any atom is -0.309 e. The summed E-state index contributed by atoms with van der Waals surface area (Å²) in [5.41, 5.74) is 13.0. The highest BCUT2D eigenvalue weighted by molar-refractivity contribution is 6.16. The van der Waals surface area contributed by atoms with Crippen LogP contribution < -0.4 is 0 Å². The Morgan fingerprint density at radius 3 is 1.49 bits per heavy atom. The Kier molecular flexibility index (Phi) is 7.14. The smallest absolute Gasteiger partial charge is 0.161 e. The van der Waals surface area contributed by atoms with E-state index in [9.17, 15) is 0 Å².